The van der Waals surface area contributed by atoms with Gasteiger partial charge in [-0.15, -0.1) is 0 Å². The van der Waals surface area contributed by atoms with E-state index in [-0.39, 0.29) is 16.9 Å². The predicted octanol–water partition coefficient (Wildman–Crippen LogP) is 1.84. The molecule has 0 unspecified atom stereocenters. The Hall–Kier alpha value is -1.35. The van der Waals surface area contributed by atoms with Crippen molar-refractivity contribution in [2.45, 2.75) is 31.6 Å². The van der Waals surface area contributed by atoms with Gasteiger partial charge in [-0.05, 0) is 36.5 Å². The number of aliphatic hydroxyl groups is 1. The Kier molecular flexibility index (Phi) is 4.72. The van der Waals surface area contributed by atoms with Crippen molar-refractivity contribution in [3.8, 4) is 11.8 Å². The molecule has 1 aliphatic heterocycles. The van der Waals surface area contributed by atoms with Crippen LogP contribution in [0.4, 0.5) is 0 Å². The zero-order valence-electron chi connectivity index (χ0n) is 12.5. The lowest BCUT2D eigenvalue weighted by molar-refractivity contribution is 0.187. The first kappa shape index (κ1) is 16.0. The van der Waals surface area contributed by atoms with Crippen LogP contribution in [0.3, 0.4) is 0 Å². The van der Waals surface area contributed by atoms with E-state index in [9.17, 15) is 8.42 Å². The van der Waals surface area contributed by atoms with E-state index in [1.165, 1.54) is 0 Å². The molecule has 1 saturated heterocycles. The summed E-state index contributed by atoms with van der Waals surface area (Å²) < 4.78 is 27.0. The summed E-state index contributed by atoms with van der Waals surface area (Å²) in [6, 6.07) is 6.59. The van der Waals surface area contributed by atoms with E-state index in [2.05, 4.69) is 25.7 Å². The van der Waals surface area contributed by atoms with Gasteiger partial charge in [-0.1, -0.05) is 31.8 Å². The highest BCUT2D eigenvalue weighted by Gasteiger charge is 2.34. The average molecular weight is 307 g/mol. The van der Waals surface area contributed by atoms with Crippen LogP contribution in [0, 0.1) is 17.3 Å². The largest absolute Gasteiger partial charge is 0.384 e. The van der Waals surface area contributed by atoms with Crippen LogP contribution in [0.1, 0.15) is 32.3 Å². The number of rotatable bonds is 2. The lowest BCUT2D eigenvalue weighted by atomic mass is 9.85. The Bertz CT molecular complexity index is 668. The molecule has 0 radical (unpaired) electrons. The van der Waals surface area contributed by atoms with Crippen LogP contribution < -0.4 is 0 Å². The topological polar surface area (TPSA) is 57.6 Å². The van der Waals surface area contributed by atoms with Crippen LogP contribution >= 0.6 is 0 Å². The van der Waals surface area contributed by atoms with Crippen molar-refractivity contribution in [1.82, 2.24) is 4.31 Å². The molecule has 0 aliphatic carbocycles. The van der Waals surface area contributed by atoms with Gasteiger partial charge in [0.2, 0.25) is 10.0 Å². The Balaban J connectivity index is 2.31. The van der Waals surface area contributed by atoms with E-state index < -0.39 is 10.0 Å². The van der Waals surface area contributed by atoms with E-state index >= 15 is 0 Å². The van der Waals surface area contributed by atoms with Gasteiger partial charge in [0, 0.05) is 18.7 Å². The molecule has 2 rings (SSSR count). The number of aliphatic hydroxyl groups excluding tert-OH is 1. The van der Waals surface area contributed by atoms with Crippen LogP contribution in [0.15, 0.2) is 29.2 Å². The molecule has 0 aromatic heterocycles. The van der Waals surface area contributed by atoms with Crippen LogP contribution in [0.2, 0.25) is 0 Å². The molecule has 114 valence electrons. The summed E-state index contributed by atoms with van der Waals surface area (Å²) in [6.45, 7) is 5.06. The van der Waals surface area contributed by atoms with E-state index in [1.807, 2.05) is 0 Å². The quantitative estimate of drug-likeness (QED) is 0.848. The fraction of sp³-hybridized carbons (Fsp3) is 0.500. The van der Waals surface area contributed by atoms with E-state index in [0.717, 1.165) is 12.8 Å². The Morgan fingerprint density at radius 1 is 1.38 bits per heavy atom. The molecule has 1 fully saturated rings. The maximum atomic E-state index is 12.7. The monoisotopic (exact) mass is 307 g/mol. The summed E-state index contributed by atoms with van der Waals surface area (Å²) in [7, 11) is -3.48. The zero-order valence-corrected chi connectivity index (χ0v) is 13.3. The first-order valence-electron chi connectivity index (χ1n) is 7.05. The molecular formula is C16H21NO3S. The molecule has 0 atom stereocenters. The van der Waals surface area contributed by atoms with Gasteiger partial charge in [-0.25, -0.2) is 8.42 Å². The second kappa shape index (κ2) is 6.18. The number of sulfonamides is 1. The molecule has 0 bridgehead atoms. The van der Waals surface area contributed by atoms with Gasteiger partial charge in [-0.2, -0.15) is 4.31 Å². The lowest BCUT2D eigenvalue weighted by Gasteiger charge is -2.37. The fourth-order valence-corrected chi connectivity index (χ4v) is 4.31. The predicted molar refractivity (Wildman–Crippen MR) is 82.2 cm³/mol. The van der Waals surface area contributed by atoms with Gasteiger partial charge in [-0.3, -0.25) is 0 Å². The van der Waals surface area contributed by atoms with E-state index in [1.54, 1.807) is 28.6 Å². The SMILES string of the molecule is CC1(C)CCCN(S(=O)(=O)c2cccc(C#CCO)c2)C1. The van der Waals surface area contributed by atoms with Gasteiger partial charge in [0.15, 0.2) is 0 Å². The molecule has 0 saturated carbocycles. The van der Waals surface area contributed by atoms with Gasteiger partial charge in [0.05, 0.1) is 4.90 Å². The smallest absolute Gasteiger partial charge is 0.243 e. The number of hydrogen-bond donors (Lipinski definition) is 1. The first-order chi connectivity index (χ1) is 9.85. The summed E-state index contributed by atoms with van der Waals surface area (Å²) in [5, 5.41) is 8.72. The second-order valence-electron chi connectivity index (χ2n) is 6.09. The molecule has 1 heterocycles. The number of piperidine rings is 1. The van der Waals surface area contributed by atoms with Crippen molar-refractivity contribution in [2.75, 3.05) is 19.7 Å². The minimum absolute atomic E-state index is 0.0135. The summed E-state index contributed by atoms with van der Waals surface area (Å²) >= 11 is 0. The van der Waals surface area contributed by atoms with Gasteiger partial charge < -0.3 is 5.11 Å². The average Bonchev–Trinajstić information content (AvgIpc) is 2.44. The van der Waals surface area contributed by atoms with Crippen molar-refractivity contribution < 1.29 is 13.5 Å². The maximum Gasteiger partial charge on any atom is 0.243 e. The molecule has 0 amide bonds. The molecule has 1 aliphatic rings. The minimum Gasteiger partial charge on any atom is -0.384 e. The second-order valence-corrected chi connectivity index (χ2v) is 8.03. The normalized spacial score (nSPS) is 18.8. The van der Waals surface area contributed by atoms with Crippen LogP contribution in [-0.2, 0) is 10.0 Å². The highest BCUT2D eigenvalue weighted by Crippen LogP contribution is 2.31. The third-order valence-electron chi connectivity index (χ3n) is 3.65. The molecule has 1 aromatic rings. The Labute approximate surface area is 126 Å². The van der Waals surface area contributed by atoms with E-state index in [0.29, 0.717) is 18.7 Å². The van der Waals surface area contributed by atoms with Gasteiger partial charge in [0.25, 0.3) is 0 Å². The summed E-state index contributed by atoms with van der Waals surface area (Å²) in [5.74, 6) is 5.28. The van der Waals surface area contributed by atoms with Crippen LogP contribution in [0.25, 0.3) is 0 Å². The van der Waals surface area contributed by atoms with Crippen molar-refractivity contribution in [1.29, 1.82) is 0 Å². The zero-order chi connectivity index (χ0) is 15.5. The van der Waals surface area contributed by atoms with Crippen molar-refractivity contribution in [3.05, 3.63) is 29.8 Å². The first-order valence-corrected chi connectivity index (χ1v) is 8.49. The summed E-state index contributed by atoms with van der Waals surface area (Å²) in [5.41, 5.74) is 0.612. The molecule has 0 spiro atoms. The summed E-state index contributed by atoms with van der Waals surface area (Å²) in [6.07, 6.45) is 1.93. The molecule has 4 nitrogen and oxygen atoms in total. The van der Waals surface area contributed by atoms with Crippen molar-refractivity contribution >= 4 is 10.0 Å². The van der Waals surface area contributed by atoms with Crippen molar-refractivity contribution in [3.63, 3.8) is 0 Å². The molecule has 5 heteroatoms. The number of nitrogens with zero attached hydrogens (tertiary/aromatic N) is 1. The number of benzene rings is 1. The molecule has 21 heavy (non-hydrogen) atoms. The highest BCUT2D eigenvalue weighted by molar-refractivity contribution is 7.89. The molecule has 1 N–H and O–H groups in total. The lowest BCUT2D eigenvalue weighted by Crippen LogP contribution is -2.43. The fourth-order valence-electron chi connectivity index (χ4n) is 2.60. The highest BCUT2D eigenvalue weighted by atomic mass is 32.2. The summed E-state index contributed by atoms with van der Waals surface area (Å²) in [4.78, 5) is 0.268. The molecule has 1 aromatic carbocycles. The van der Waals surface area contributed by atoms with Crippen LogP contribution in [-0.4, -0.2) is 37.5 Å². The maximum absolute atomic E-state index is 12.7. The standard InChI is InChI=1S/C16H21NO3S/c1-16(2)9-5-10-17(13-16)21(19,20)15-8-3-6-14(12-15)7-4-11-18/h3,6,8,12,18H,5,9-11,13H2,1-2H3. The third-order valence-corrected chi connectivity index (χ3v) is 5.49. The van der Waals surface area contributed by atoms with E-state index in [4.69, 9.17) is 5.11 Å². The Morgan fingerprint density at radius 3 is 2.81 bits per heavy atom. The molecular weight excluding hydrogens is 286 g/mol. The Morgan fingerprint density at radius 2 is 2.14 bits per heavy atom. The van der Waals surface area contributed by atoms with Crippen molar-refractivity contribution in [2.24, 2.45) is 5.41 Å². The van der Waals surface area contributed by atoms with Gasteiger partial charge in [0.1, 0.15) is 6.61 Å². The number of hydrogen-bond acceptors (Lipinski definition) is 3. The third kappa shape index (κ3) is 3.85. The van der Waals surface area contributed by atoms with Crippen LogP contribution in [0.5, 0.6) is 0 Å². The van der Waals surface area contributed by atoms with Gasteiger partial charge >= 0.3 is 0 Å². The minimum atomic E-state index is -3.48.